The molecule has 90 valence electrons. The molecule has 0 aromatic rings. The molecule has 7 heteroatoms. The summed E-state index contributed by atoms with van der Waals surface area (Å²) < 4.78 is 0. The monoisotopic (exact) mass is 229 g/mol. The lowest BCUT2D eigenvalue weighted by atomic mass is 10.1. The van der Waals surface area contributed by atoms with Crippen LogP contribution in [0.4, 0.5) is 4.79 Å². The first-order valence-corrected chi connectivity index (χ1v) is 4.63. The number of nitrogens with one attached hydrogen (secondary N) is 2. The minimum atomic E-state index is -1.21. The van der Waals surface area contributed by atoms with Crippen LogP contribution in [0.25, 0.3) is 0 Å². The van der Waals surface area contributed by atoms with Gasteiger partial charge in [0, 0.05) is 13.0 Å². The number of carbonyl (C=O) groups excluding carboxylic acids is 2. The first-order chi connectivity index (χ1) is 7.47. The highest BCUT2D eigenvalue weighted by molar-refractivity contribution is 5.83. The van der Waals surface area contributed by atoms with E-state index in [1.807, 2.05) is 0 Å². The Labute approximate surface area is 92.7 Å². The van der Waals surface area contributed by atoms with Gasteiger partial charge >= 0.3 is 12.0 Å². The summed E-state index contributed by atoms with van der Waals surface area (Å²) in [5.74, 6) is -1.82. The second-order valence-electron chi connectivity index (χ2n) is 3.04. The molecule has 0 bridgehead atoms. The van der Waals surface area contributed by atoms with Crippen LogP contribution in [0.2, 0.25) is 0 Å². The van der Waals surface area contributed by atoms with E-state index in [0.29, 0.717) is 0 Å². The standard InChI is InChI=1S/C9H15N3O4/c1-2-5-11-9(16)12-6(8(14)15)3-4-7(10)13/h2,6H,1,3-5H2,(H2,10,13)(H,14,15)(H2,11,12,16). The minimum Gasteiger partial charge on any atom is -0.480 e. The van der Waals surface area contributed by atoms with Gasteiger partial charge in [-0.1, -0.05) is 6.08 Å². The highest BCUT2D eigenvalue weighted by Crippen LogP contribution is 1.97. The van der Waals surface area contributed by atoms with Crippen molar-refractivity contribution in [1.29, 1.82) is 0 Å². The molecule has 1 unspecified atom stereocenters. The molecule has 0 saturated carbocycles. The summed E-state index contributed by atoms with van der Waals surface area (Å²) in [4.78, 5) is 32.3. The number of aliphatic carboxylic acids is 1. The van der Waals surface area contributed by atoms with Crippen LogP contribution in [-0.2, 0) is 9.59 Å². The molecule has 16 heavy (non-hydrogen) atoms. The molecule has 0 spiro atoms. The number of rotatable bonds is 7. The molecular formula is C9H15N3O4. The molecule has 7 nitrogen and oxygen atoms in total. The Kier molecular flexibility index (Phi) is 6.34. The summed E-state index contributed by atoms with van der Waals surface area (Å²) in [5.41, 5.74) is 4.88. The van der Waals surface area contributed by atoms with Crippen LogP contribution in [0, 0.1) is 0 Å². The zero-order valence-electron chi connectivity index (χ0n) is 8.73. The summed E-state index contributed by atoms with van der Waals surface area (Å²) >= 11 is 0. The van der Waals surface area contributed by atoms with Gasteiger partial charge in [-0.05, 0) is 6.42 Å². The maximum atomic E-state index is 11.1. The average molecular weight is 229 g/mol. The molecule has 0 aromatic carbocycles. The smallest absolute Gasteiger partial charge is 0.326 e. The molecule has 0 fully saturated rings. The molecule has 0 saturated heterocycles. The van der Waals surface area contributed by atoms with Crippen molar-refractivity contribution in [3.8, 4) is 0 Å². The third kappa shape index (κ3) is 6.41. The Morgan fingerprint density at radius 1 is 1.44 bits per heavy atom. The number of amides is 3. The van der Waals surface area contributed by atoms with Crippen molar-refractivity contribution in [2.75, 3.05) is 6.54 Å². The van der Waals surface area contributed by atoms with Gasteiger partial charge in [-0.15, -0.1) is 6.58 Å². The van der Waals surface area contributed by atoms with Gasteiger partial charge in [0.2, 0.25) is 5.91 Å². The first kappa shape index (κ1) is 13.9. The molecule has 0 aromatic heterocycles. The summed E-state index contributed by atoms with van der Waals surface area (Å²) in [6.07, 6.45) is 1.32. The zero-order chi connectivity index (χ0) is 12.6. The number of hydrogen-bond donors (Lipinski definition) is 4. The highest BCUT2D eigenvalue weighted by Gasteiger charge is 2.19. The van der Waals surface area contributed by atoms with Crippen molar-refractivity contribution in [2.24, 2.45) is 5.73 Å². The number of urea groups is 1. The lowest BCUT2D eigenvalue weighted by Crippen LogP contribution is -2.46. The molecule has 0 heterocycles. The van der Waals surface area contributed by atoms with Crippen LogP contribution in [-0.4, -0.2) is 35.6 Å². The van der Waals surface area contributed by atoms with E-state index in [1.165, 1.54) is 6.08 Å². The van der Waals surface area contributed by atoms with Gasteiger partial charge in [0.05, 0.1) is 0 Å². The van der Waals surface area contributed by atoms with Crippen LogP contribution in [0.15, 0.2) is 12.7 Å². The van der Waals surface area contributed by atoms with Crippen LogP contribution >= 0.6 is 0 Å². The van der Waals surface area contributed by atoms with E-state index in [0.717, 1.165) is 0 Å². The van der Waals surface area contributed by atoms with Crippen molar-refractivity contribution in [3.63, 3.8) is 0 Å². The second kappa shape index (κ2) is 7.27. The number of carbonyl (C=O) groups is 3. The number of hydrogen-bond acceptors (Lipinski definition) is 3. The SMILES string of the molecule is C=CCNC(=O)NC(CCC(N)=O)C(=O)O. The fourth-order valence-corrected chi connectivity index (χ4v) is 0.918. The molecule has 0 aliphatic heterocycles. The molecule has 5 N–H and O–H groups in total. The number of nitrogens with two attached hydrogens (primary N) is 1. The summed E-state index contributed by atoms with van der Waals surface area (Å²) in [7, 11) is 0. The van der Waals surface area contributed by atoms with E-state index in [2.05, 4.69) is 17.2 Å². The topological polar surface area (TPSA) is 122 Å². The van der Waals surface area contributed by atoms with Crippen molar-refractivity contribution in [1.82, 2.24) is 10.6 Å². The quantitative estimate of drug-likeness (QED) is 0.426. The van der Waals surface area contributed by atoms with Crippen molar-refractivity contribution in [3.05, 3.63) is 12.7 Å². The van der Waals surface area contributed by atoms with Crippen molar-refractivity contribution in [2.45, 2.75) is 18.9 Å². The summed E-state index contributed by atoms with van der Waals surface area (Å²) in [6.45, 7) is 3.62. The Balaban J connectivity index is 4.11. The molecule has 0 rings (SSSR count). The van der Waals surface area contributed by atoms with Crippen LogP contribution in [0.1, 0.15) is 12.8 Å². The van der Waals surface area contributed by atoms with E-state index in [1.54, 1.807) is 0 Å². The van der Waals surface area contributed by atoms with E-state index in [9.17, 15) is 14.4 Å². The van der Waals surface area contributed by atoms with Gasteiger partial charge in [0.25, 0.3) is 0 Å². The second-order valence-corrected chi connectivity index (χ2v) is 3.04. The number of carboxylic acids is 1. The third-order valence-corrected chi connectivity index (χ3v) is 1.69. The van der Waals surface area contributed by atoms with E-state index < -0.39 is 23.9 Å². The number of carboxylic acid groups (broad SMARTS) is 1. The Hall–Kier alpha value is -2.05. The van der Waals surface area contributed by atoms with Gasteiger partial charge < -0.3 is 21.5 Å². The molecule has 0 radical (unpaired) electrons. The molecule has 0 aliphatic carbocycles. The predicted molar refractivity (Wildman–Crippen MR) is 56.6 cm³/mol. The molecular weight excluding hydrogens is 214 g/mol. The Morgan fingerprint density at radius 2 is 2.06 bits per heavy atom. The van der Waals surface area contributed by atoms with Crippen molar-refractivity contribution < 1.29 is 19.5 Å². The predicted octanol–water partition coefficient (Wildman–Crippen LogP) is -0.810. The maximum Gasteiger partial charge on any atom is 0.326 e. The maximum absolute atomic E-state index is 11.1. The number of primary amides is 1. The highest BCUT2D eigenvalue weighted by atomic mass is 16.4. The van der Waals surface area contributed by atoms with E-state index in [4.69, 9.17) is 10.8 Å². The Morgan fingerprint density at radius 3 is 2.50 bits per heavy atom. The molecule has 1 atom stereocenters. The first-order valence-electron chi connectivity index (χ1n) is 4.63. The molecule has 0 aliphatic rings. The van der Waals surface area contributed by atoms with Crippen molar-refractivity contribution >= 4 is 17.9 Å². The van der Waals surface area contributed by atoms with Crippen LogP contribution in [0.3, 0.4) is 0 Å². The van der Waals surface area contributed by atoms with E-state index >= 15 is 0 Å². The molecule has 3 amide bonds. The zero-order valence-corrected chi connectivity index (χ0v) is 8.73. The van der Waals surface area contributed by atoms with Gasteiger partial charge in [-0.3, -0.25) is 4.79 Å². The summed E-state index contributed by atoms with van der Waals surface area (Å²) in [6, 6.07) is -1.76. The lowest BCUT2D eigenvalue weighted by Gasteiger charge is -2.13. The van der Waals surface area contributed by atoms with Gasteiger partial charge in [-0.2, -0.15) is 0 Å². The third-order valence-electron chi connectivity index (χ3n) is 1.69. The van der Waals surface area contributed by atoms with Gasteiger partial charge in [-0.25, -0.2) is 9.59 Å². The summed E-state index contributed by atoms with van der Waals surface area (Å²) in [5, 5.41) is 13.3. The normalized spacial score (nSPS) is 11.2. The van der Waals surface area contributed by atoms with E-state index in [-0.39, 0.29) is 19.4 Å². The van der Waals surface area contributed by atoms with Crippen LogP contribution < -0.4 is 16.4 Å². The lowest BCUT2D eigenvalue weighted by molar-refractivity contribution is -0.139. The minimum absolute atomic E-state index is 0.0355. The Bertz CT molecular complexity index is 290. The van der Waals surface area contributed by atoms with Crippen LogP contribution in [0.5, 0.6) is 0 Å². The fraction of sp³-hybridized carbons (Fsp3) is 0.444. The largest absolute Gasteiger partial charge is 0.480 e. The average Bonchev–Trinajstić information content (AvgIpc) is 2.20. The fourth-order valence-electron chi connectivity index (χ4n) is 0.918. The van der Waals surface area contributed by atoms with Gasteiger partial charge in [0.15, 0.2) is 0 Å². The van der Waals surface area contributed by atoms with Gasteiger partial charge in [0.1, 0.15) is 6.04 Å².